The van der Waals surface area contributed by atoms with Gasteiger partial charge in [0.15, 0.2) is 0 Å². The molecule has 0 N–H and O–H groups in total. The Balaban J connectivity index is 1.68. The lowest BCUT2D eigenvalue weighted by Gasteiger charge is -2.38. The van der Waals surface area contributed by atoms with Crippen LogP contribution in [0.3, 0.4) is 0 Å². The van der Waals surface area contributed by atoms with Gasteiger partial charge in [0.2, 0.25) is 0 Å². The number of benzene rings is 2. The van der Waals surface area contributed by atoms with Gasteiger partial charge in [0.05, 0.1) is 6.04 Å². The minimum Gasteiger partial charge on any atom is -0.348 e. The molecular weight excluding hydrogens is 356 g/mol. The molecule has 0 fully saturated rings. The Hall–Kier alpha value is -2.81. The molecule has 0 aliphatic carbocycles. The Bertz CT molecular complexity index is 1000. The van der Waals surface area contributed by atoms with Crippen molar-refractivity contribution in [2.24, 2.45) is 0 Å². The molecular formula is C26H30N2O. The van der Waals surface area contributed by atoms with E-state index in [1.165, 1.54) is 40.8 Å². The van der Waals surface area contributed by atoms with Crippen LogP contribution in [-0.2, 0) is 13.0 Å². The van der Waals surface area contributed by atoms with Gasteiger partial charge in [-0.3, -0.25) is 4.79 Å². The third-order valence-electron chi connectivity index (χ3n) is 6.04. The van der Waals surface area contributed by atoms with E-state index in [-0.39, 0.29) is 11.9 Å². The second-order valence-corrected chi connectivity index (χ2v) is 8.19. The molecule has 2 aromatic carbocycles. The molecule has 2 heterocycles. The molecule has 1 amide bonds. The number of aryl methyl sites for hydroxylation is 3. The first kappa shape index (κ1) is 19.5. The summed E-state index contributed by atoms with van der Waals surface area (Å²) < 4.78 is 2.28. The van der Waals surface area contributed by atoms with Crippen LogP contribution in [0, 0.1) is 13.8 Å². The van der Waals surface area contributed by atoms with Gasteiger partial charge >= 0.3 is 0 Å². The first-order chi connectivity index (χ1) is 14.1. The summed E-state index contributed by atoms with van der Waals surface area (Å²) in [4.78, 5) is 15.6. The van der Waals surface area contributed by atoms with Crippen molar-refractivity contribution >= 4 is 5.91 Å². The van der Waals surface area contributed by atoms with E-state index in [2.05, 4.69) is 74.0 Å². The van der Waals surface area contributed by atoms with Gasteiger partial charge in [-0.2, -0.15) is 0 Å². The highest BCUT2D eigenvalue weighted by Gasteiger charge is 2.33. The van der Waals surface area contributed by atoms with E-state index in [1.54, 1.807) is 0 Å². The molecule has 0 saturated carbocycles. The Labute approximate surface area is 174 Å². The maximum Gasteiger partial charge on any atom is 0.254 e. The van der Waals surface area contributed by atoms with E-state index in [9.17, 15) is 4.79 Å². The fourth-order valence-electron chi connectivity index (χ4n) is 4.42. The first-order valence-corrected chi connectivity index (χ1v) is 10.7. The molecule has 29 heavy (non-hydrogen) atoms. The van der Waals surface area contributed by atoms with E-state index < -0.39 is 0 Å². The summed E-state index contributed by atoms with van der Waals surface area (Å²) in [5.41, 5.74) is 6.97. The zero-order chi connectivity index (χ0) is 20.4. The number of aromatic nitrogens is 1. The maximum absolute atomic E-state index is 13.5. The van der Waals surface area contributed by atoms with Crippen molar-refractivity contribution < 1.29 is 4.79 Å². The van der Waals surface area contributed by atoms with Crippen molar-refractivity contribution in [3.8, 4) is 0 Å². The second kappa shape index (κ2) is 8.28. The van der Waals surface area contributed by atoms with Crippen LogP contribution in [0.15, 0.2) is 60.8 Å². The molecule has 1 aromatic heterocycles. The van der Waals surface area contributed by atoms with Crippen molar-refractivity contribution in [3.63, 3.8) is 0 Å². The van der Waals surface area contributed by atoms with Crippen LogP contribution in [0.2, 0.25) is 0 Å². The quantitative estimate of drug-likeness (QED) is 0.553. The Morgan fingerprint density at radius 2 is 1.83 bits per heavy atom. The van der Waals surface area contributed by atoms with Gasteiger partial charge in [-0.1, -0.05) is 49.2 Å². The molecule has 0 saturated heterocycles. The zero-order valence-electron chi connectivity index (χ0n) is 17.7. The number of nitrogens with zero attached hydrogens (tertiary/aromatic N) is 2. The molecule has 1 unspecified atom stereocenters. The lowest BCUT2D eigenvalue weighted by molar-refractivity contribution is 0.0663. The third kappa shape index (κ3) is 3.87. The predicted molar refractivity (Wildman–Crippen MR) is 118 cm³/mol. The minimum atomic E-state index is -0.0494. The number of rotatable bonds is 5. The number of hydrogen-bond donors (Lipinski definition) is 0. The lowest BCUT2D eigenvalue weighted by Crippen LogP contribution is -2.42. The van der Waals surface area contributed by atoms with Gasteiger partial charge < -0.3 is 9.47 Å². The van der Waals surface area contributed by atoms with Crippen LogP contribution in [0.1, 0.15) is 64.1 Å². The number of hydrogen-bond acceptors (Lipinski definition) is 1. The summed E-state index contributed by atoms with van der Waals surface area (Å²) in [7, 11) is 0. The fraction of sp³-hybridized carbons (Fsp3) is 0.346. The summed E-state index contributed by atoms with van der Waals surface area (Å²) in [6.45, 7) is 8.02. The molecule has 150 valence electrons. The number of carbonyl (C=O) groups excluding carboxylic acids is 1. The van der Waals surface area contributed by atoms with Gasteiger partial charge in [0.1, 0.15) is 0 Å². The van der Waals surface area contributed by atoms with E-state index in [0.717, 1.165) is 25.1 Å². The smallest absolute Gasteiger partial charge is 0.254 e. The predicted octanol–water partition coefficient (Wildman–Crippen LogP) is 5.69. The summed E-state index contributed by atoms with van der Waals surface area (Å²) in [6.07, 6.45) is 5.57. The summed E-state index contributed by atoms with van der Waals surface area (Å²) in [6, 6.07) is 19.0. The summed E-state index contributed by atoms with van der Waals surface area (Å²) in [5.74, 6) is 0.115. The van der Waals surface area contributed by atoms with Crippen molar-refractivity contribution in [2.45, 2.75) is 52.6 Å². The van der Waals surface area contributed by atoms with Gasteiger partial charge in [-0.15, -0.1) is 0 Å². The summed E-state index contributed by atoms with van der Waals surface area (Å²) in [5, 5.41) is 0. The zero-order valence-corrected chi connectivity index (χ0v) is 17.7. The van der Waals surface area contributed by atoms with Crippen molar-refractivity contribution in [1.29, 1.82) is 0 Å². The number of amides is 1. The molecule has 1 aliphatic heterocycles. The van der Waals surface area contributed by atoms with E-state index in [0.29, 0.717) is 0 Å². The van der Waals surface area contributed by atoms with Crippen LogP contribution >= 0.6 is 0 Å². The maximum atomic E-state index is 13.5. The minimum absolute atomic E-state index is 0.0494. The van der Waals surface area contributed by atoms with Crippen LogP contribution < -0.4 is 0 Å². The topological polar surface area (TPSA) is 25.2 Å². The SMILES string of the molecule is CCCCc1ccc(C(=O)N2CCn3cccc3C2c2ccc(C)cc2C)cc1. The van der Waals surface area contributed by atoms with Crippen LogP contribution in [0.25, 0.3) is 0 Å². The molecule has 0 bridgehead atoms. The lowest BCUT2D eigenvalue weighted by atomic mass is 9.93. The highest BCUT2D eigenvalue weighted by Crippen LogP contribution is 2.35. The third-order valence-corrected chi connectivity index (χ3v) is 6.04. The highest BCUT2D eigenvalue weighted by molar-refractivity contribution is 5.95. The van der Waals surface area contributed by atoms with Crippen molar-refractivity contribution in [1.82, 2.24) is 9.47 Å². The monoisotopic (exact) mass is 386 g/mol. The molecule has 3 nitrogen and oxygen atoms in total. The Kier molecular flexibility index (Phi) is 5.57. The van der Waals surface area contributed by atoms with E-state index in [4.69, 9.17) is 0 Å². The number of unbranched alkanes of at least 4 members (excludes halogenated alkanes) is 1. The standard InChI is InChI=1S/C26H30N2O/c1-4-5-7-21-10-12-22(13-11-21)26(29)28-17-16-27-15-6-8-24(27)25(28)23-14-9-19(2)18-20(23)3/h6,8-15,18,25H,4-5,7,16-17H2,1-3H3. The van der Waals surface area contributed by atoms with Crippen LogP contribution in [0.4, 0.5) is 0 Å². The fourth-order valence-corrected chi connectivity index (χ4v) is 4.42. The molecule has 1 atom stereocenters. The van der Waals surface area contributed by atoms with Gasteiger partial charge in [0.25, 0.3) is 5.91 Å². The Morgan fingerprint density at radius 3 is 2.55 bits per heavy atom. The van der Waals surface area contributed by atoms with Gasteiger partial charge in [0, 0.05) is 30.5 Å². The Morgan fingerprint density at radius 1 is 1.03 bits per heavy atom. The molecule has 4 rings (SSSR count). The van der Waals surface area contributed by atoms with Gasteiger partial charge in [-0.05, 0) is 67.6 Å². The van der Waals surface area contributed by atoms with Crippen LogP contribution in [-0.4, -0.2) is 21.9 Å². The van der Waals surface area contributed by atoms with Crippen molar-refractivity contribution in [3.05, 3.63) is 94.3 Å². The molecule has 0 radical (unpaired) electrons. The molecule has 3 aromatic rings. The largest absolute Gasteiger partial charge is 0.348 e. The molecule has 3 heteroatoms. The molecule has 1 aliphatic rings. The first-order valence-electron chi connectivity index (χ1n) is 10.7. The van der Waals surface area contributed by atoms with E-state index >= 15 is 0 Å². The van der Waals surface area contributed by atoms with Crippen molar-refractivity contribution in [2.75, 3.05) is 6.54 Å². The van der Waals surface area contributed by atoms with E-state index in [1.807, 2.05) is 17.0 Å². The number of fused-ring (bicyclic) bond motifs is 1. The molecule has 0 spiro atoms. The normalized spacial score (nSPS) is 16.0. The highest BCUT2D eigenvalue weighted by atomic mass is 16.2. The average molecular weight is 387 g/mol. The average Bonchev–Trinajstić information content (AvgIpc) is 3.21. The number of carbonyl (C=O) groups is 1. The van der Waals surface area contributed by atoms with Gasteiger partial charge in [-0.25, -0.2) is 0 Å². The van der Waals surface area contributed by atoms with Crippen LogP contribution in [0.5, 0.6) is 0 Å². The summed E-state index contributed by atoms with van der Waals surface area (Å²) >= 11 is 0. The second-order valence-electron chi connectivity index (χ2n) is 8.19.